The van der Waals surface area contributed by atoms with E-state index in [9.17, 15) is 61.0 Å². The molecule has 0 amide bonds. The summed E-state index contributed by atoms with van der Waals surface area (Å²) in [5.74, 6) is -1.73. The summed E-state index contributed by atoms with van der Waals surface area (Å²) in [7, 11) is 1.14. The third-order valence-electron chi connectivity index (χ3n) is 8.64. The average Bonchev–Trinajstić information content (AvgIpc) is 3.02. The zero-order chi connectivity index (χ0) is 34.2. The van der Waals surface area contributed by atoms with Gasteiger partial charge in [0.15, 0.2) is 25.0 Å². The molecule has 4 aliphatic rings. The normalized spacial score (nSPS) is 51.9. The topological polar surface area (TPSA) is 313 Å². The lowest BCUT2D eigenvalue weighted by Crippen LogP contribution is -2.67. The van der Waals surface area contributed by atoms with Crippen molar-refractivity contribution in [3.05, 3.63) is 0 Å². The van der Waals surface area contributed by atoms with Crippen molar-refractivity contribution in [2.45, 2.75) is 136 Å². The number of aliphatic hydroxyl groups is 10. The molecule has 11 N–H and O–H groups in total. The van der Waals surface area contributed by atoms with Crippen molar-refractivity contribution < 1.29 is 98.9 Å². The number of methoxy groups -OCH3 is 1. The van der Waals surface area contributed by atoms with Gasteiger partial charge in [-0.25, -0.2) is 4.79 Å². The van der Waals surface area contributed by atoms with Crippen molar-refractivity contribution >= 4 is 5.97 Å². The zero-order valence-corrected chi connectivity index (χ0v) is 25.1. The van der Waals surface area contributed by atoms with E-state index in [1.54, 1.807) is 0 Å². The Morgan fingerprint density at radius 2 is 1.02 bits per heavy atom. The van der Waals surface area contributed by atoms with E-state index in [1.165, 1.54) is 13.8 Å². The van der Waals surface area contributed by atoms with Crippen LogP contribution in [0.25, 0.3) is 0 Å². The second-order valence-corrected chi connectivity index (χ2v) is 11.7. The molecule has 46 heavy (non-hydrogen) atoms. The fourth-order valence-electron chi connectivity index (χ4n) is 5.98. The van der Waals surface area contributed by atoms with Crippen LogP contribution in [0.1, 0.15) is 13.8 Å². The standard InChI is InChI=1S/C26H44O20/c1-6-10(29)12(31)18(7(2)40-6)43-24-15(34)13(32)19(9(5-28)42-24)44-25-16(35)14(33)21(22(46-25)23(37)38)45-26-17(36)20(39-3)11(30)8(4-27)41-26/h6-22,24-36H,4-5H2,1-3H3,(H,37,38)/t6-,7-,8+,9+,10-,11+,12-,13+,14+,15+,16+,17+,18-,19+,20-,21-,22-,24-,25+,26-/m0/s1. The van der Waals surface area contributed by atoms with E-state index in [1.807, 2.05) is 0 Å². The maximum absolute atomic E-state index is 12.2. The molecule has 0 unspecified atom stereocenters. The van der Waals surface area contributed by atoms with Gasteiger partial charge in [-0.05, 0) is 13.8 Å². The molecule has 4 saturated heterocycles. The largest absolute Gasteiger partial charge is 0.479 e. The molecule has 0 radical (unpaired) electrons. The van der Waals surface area contributed by atoms with Crippen LogP contribution in [0.15, 0.2) is 0 Å². The number of hydrogen-bond donors (Lipinski definition) is 11. The molecule has 0 aromatic carbocycles. The van der Waals surface area contributed by atoms with Gasteiger partial charge in [0.25, 0.3) is 0 Å². The molecular weight excluding hydrogens is 632 g/mol. The summed E-state index contributed by atoms with van der Waals surface area (Å²) >= 11 is 0. The van der Waals surface area contributed by atoms with Crippen LogP contribution >= 0.6 is 0 Å². The Balaban J connectivity index is 1.46. The first kappa shape index (κ1) is 37.6. The van der Waals surface area contributed by atoms with E-state index in [4.69, 9.17) is 37.9 Å². The minimum absolute atomic E-state index is 0.736. The highest BCUT2D eigenvalue weighted by atomic mass is 16.8. The molecule has 0 aliphatic carbocycles. The molecule has 20 atom stereocenters. The van der Waals surface area contributed by atoms with E-state index >= 15 is 0 Å². The molecule has 20 heteroatoms. The molecule has 0 aromatic rings. The number of rotatable bonds is 10. The summed E-state index contributed by atoms with van der Waals surface area (Å²) in [4.78, 5) is 12.2. The van der Waals surface area contributed by atoms with Crippen LogP contribution in [0.4, 0.5) is 0 Å². The Bertz CT molecular complexity index is 989. The maximum atomic E-state index is 12.2. The SMILES string of the molecule is CO[C@@H]1[C@@H](O)[C@H](O[C@H]2[C@H](O)[C@@H](O)[C@H](O[C@H]3[C@H](O)[C@@H](O)[C@H](O[C@@H]4[C@@H](O)[C@@H](O)[C@H](C)O[C@H]4C)O[C@@H]3CO)O[C@@H]2C(=O)O)O[C@H](CO)[C@H]1O. The highest BCUT2D eigenvalue weighted by Crippen LogP contribution is 2.34. The summed E-state index contributed by atoms with van der Waals surface area (Å²) in [5, 5.41) is 114. The minimum Gasteiger partial charge on any atom is -0.479 e. The molecule has 0 bridgehead atoms. The first-order chi connectivity index (χ1) is 21.7. The summed E-state index contributed by atoms with van der Waals surface area (Å²) < 4.78 is 43.5. The van der Waals surface area contributed by atoms with Crippen molar-refractivity contribution in [2.24, 2.45) is 0 Å². The van der Waals surface area contributed by atoms with E-state index < -0.39 is 142 Å². The van der Waals surface area contributed by atoms with Gasteiger partial charge in [-0.15, -0.1) is 0 Å². The van der Waals surface area contributed by atoms with Crippen molar-refractivity contribution in [1.82, 2.24) is 0 Å². The molecule has 4 fully saturated rings. The fourth-order valence-corrected chi connectivity index (χ4v) is 5.98. The molecule has 20 nitrogen and oxygen atoms in total. The number of aliphatic hydroxyl groups excluding tert-OH is 10. The van der Waals surface area contributed by atoms with Gasteiger partial charge < -0.3 is 94.1 Å². The van der Waals surface area contributed by atoms with E-state index in [0.717, 1.165) is 7.11 Å². The Hall–Kier alpha value is -1.25. The monoisotopic (exact) mass is 676 g/mol. The zero-order valence-electron chi connectivity index (χ0n) is 25.1. The Kier molecular flexibility index (Phi) is 12.7. The predicted octanol–water partition coefficient (Wildman–Crippen LogP) is -6.90. The van der Waals surface area contributed by atoms with Gasteiger partial charge in [-0.1, -0.05) is 0 Å². The number of aliphatic carboxylic acids is 1. The average molecular weight is 677 g/mol. The van der Waals surface area contributed by atoms with Crippen LogP contribution in [0.5, 0.6) is 0 Å². The third-order valence-corrected chi connectivity index (χ3v) is 8.64. The second-order valence-electron chi connectivity index (χ2n) is 11.7. The molecular formula is C26H44O20. The minimum atomic E-state index is -2.12. The lowest BCUT2D eigenvalue weighted by atomic mass is 9.95. The molecule has 0 aromatic heterocycles. The van der Waals surface area contributed by atoms with Gasteiger partial charge in [-0.2, -0.15) is 0 Å². The summed E-state index contributed by atoms with van der Waals surface area (Å²) in [6, 6.07) is 0. The summed E-state index contributed by atoms with van der Waals surface area (Å²) in [6.45, 7) is 1.44. The van der Waals surface area contributed by atoms with Crippen LogP contribution in [0.3, 0.4) is 0 Å². The number of carboxylic acids is 1. The molecule has 4 rings (SSSR count). The Morgan fingerprint density at radius 1 is 0.543 bits per heavy atom. The van der Waals surface area contributed by atoms with Crippen LogP contribution in [0.2, 0.25) is 0 Å². The van der Waals surface area contributed by atoms with Gasteiger partial charge in [-0.3, -0.25) is 0 Å². The van der Waals surface area contributed by atoms with Crippen molar-refractivity contribution in [3.63, 3.8) is 0 Å². The van der Waals surface area contributed by atoms with Gasteiger partial charge in [0.1, 0.15) is 85.5 Å². The van der Waals surface area contributed by atoms with Gasteiger partial charge >= 0.3 is 5.97 Å². The van der Waals surface area contributed by atoms with E-state index in [0.29, 0.717) is 0 Å². The van der Waals surface area contributed by atoms with Crippen molar-refractivity contribution in [1.29, 1.82) is 0 Å². The van der Waals surface area contributed by atoms with E-state index in [2.05, 4.69) is 0 Å². The number of hydrogen-bond acceptors (Lipinski definition) is 19. The summed E-state index contributed by atoms with van der Waals surface area (Å²) in [5.41, 5.74) is 0. The quantitative estimate of drug-likeness (QED) is 0.102. The Morgan fingerprint density at radius 3 is 1.59 bits per heavy atom. The molecule has 268 valence electrons. The Labute approximate surface area is 262 Å². The molecule has 0 saturated carbocycles. The van der Waals surface area contributed by atoms with Crippen LogP contribution < -0.4 is 0 Å². The smallest absolute Gasteiger partial charge is 0.335 e. The van der Waals surface area contributed by atoms with Crippen molar-refractivity contribution in [2.75, 3.05) is 20.3 Å². The lowest BCUT2D eigenvalue weighted by Gasteiger charge is -2.48. The van der Waals surface area contributed by atoms with E-state index in [-0.39, 0.29) is 0 Å². The van der Waals surface area contributed by atoms with Gasteiger partial charge in [0.05, 0.1) is 25.4 Å². The van der Waals surface area contributed by atoms with Crippen LogP contribution in [0, 0.1) is 0 Å². The second kappa shape index (κ2) is 15.5. The third kappa shape index (κ3) is 7.34. The van der Waals surface area contributed by atoms with Crippen LogP contribution in [-0.4, -0.2) is 205 Å². The predicted molar refractivity (Wildman–Crippen MR) is 141 cm³/mol. The number of carbonyl (C=O) groups is 1. The highest BCUT2D eigenvalue weighted by Gasteiger charge is 2.56. The number of carboxylic acid groups (broad SMARTS) is 1. The lowest BCUT2D eigenvalue weighted by molar-refractivity contribution is -0.381. The number of ether oxygens (including phenoxy) is 8. The first-order valence-corrected chi connectivity index (χ1v) is 14.7. The fraction of sp³-hybridized carbons (Fsp3) is 0.962. The highest BCUT2D eigenvalue weighted by molar-refractivity contribution is 5.73. The van der Waals surface area contributed by atoms with Gasteiger partial charge in [0.2, 0.25) is 0 Å². The maximum Gasteiger partial charge on any atom is 0.335 e. The van der Waals surface area contributed by atoms with Crippen molar-refractivity contribution in [3.8, 4) is 0 Å². The first-order valence-electron chi connectivity index (χ1n) is 14.7. The van der Waals surface area contributed by atoms with Crippen LogP contribution in [-0.2, 0) is 42.7 Å². The molecule has 0 spiro atoms. The molecule has 4 heterocycles. The van der Waals surface area contributed by atoms with Gasteiger partial charge in [0, 0.05) is 7.11 Å². The summed E-state index contributed by atoms with van der Waals surface area (Å²) in [6.07, 6.45) is -32.4. The molecule has 4 aliphatic heterocycles.